The summed E-state index contributed by atoms with van der Waals surface area (Å²) in [6.07, 6.45) is 0. The Morgan fingerprint density at radius 1 is 1.29 bits per heavy atom. The summed E-state index contributed by atoms with van der Waals surface area (Å²) in [6, 6.07) is 11.8. The van der Waals surface area contributed by atoms with Crippen molar-refractivity contribution in [3.05, 3.63) is 35.9 Å². The van der Waals surface area contributed by atoms with Crippen molar-refractivity contribution >= 4 is 16.7 Å². The predicted molar refractivity (Wildman–Crippen MR) is 84.3 cm³/mol. The minimum atomic E-state index is 0.672. The Bertz CT molecular complexity index is 655. The SMILES string of the molecule is N#Cc1cc(NCCN2CCNCC2)nc2ccccc12. The first-order chi connectivity index (χ1) is 10.4. The molecule has 5 heteroatoms. The smallest absolute Gasteiger partial charge is 0.128 e. The second kappa shape index (κ2) is 6.53. The Balaban J connectivity index is 1.68. The molecule has 1 aliphatic rings. The van der Waals surface area contributed by atoms with E-state index in [9.17, 15) is 5.26 Å². The Hall–Kier alpha value is -2.16. The van der Waals surface area contributed by atoms with Gasteiger partial charge in [0.2, 0.25) is 0 Å². The lowest BCUT2D eigenvalue weighted by atomic mass is 10.1. The third kappa shape index (κ3) is 3.30. The molecule has 0 saturated carbocycles. The minimum absolute atomic E-state index is 0.672. The van der Waals surface area contributed by atoms with Gasteiger partial charge in [-0.05, 0) is 12.1 Å². The Morgan fingerprint density at radius 2 is 2.10 bits per heavy atom. The van der Waals surface area contributed by atoms with Gasteiger partial charge in [0.15, 0.2) is 0 Å². The zero-order chi connectivity index (χ0) is 14.5. The fourth-order valence-electron chi connectivity index (χ4n) is 2.64. The zero-order valence-corrected chi connectivity index (χ0v) is 12.0. The van der Waals surface area contributed by atoms with E-state index in [4.69, 9.17) is 0 Å². The first-order valence-electron chi connectivity index (χ1n) is 7.33. The van der Waals surface area contributed by atoms with Crippen LogP contribution in [0.5, 0.6) is 0 Å². The standard InChI is InChI=1S/C16H19N5/c17-12-13-11-16(20-15-4-2-1-3-14(13)15)19-7-10-21-8-5-18-6-9-21/h1-4,11,18H,5-10H2,(H,19,20). The van der Waals surface area contributed by atoms with Gasteiger partial charge in [-0.3, -0.25) is 4.90 Å². The van der Waals surface area contributed by atoms with E-state index < -0.39 is 0 Å². The number of nitrogens with one attached hydrogen (secondary N) is 2. The van der Waals surface area contributed by atoms with Crippen molar-refractivity contribution in [2.75, 3.05) is 44.6 Å². The van der Waals surface area contributed by atoms with E-state index in [0.717, 1.165) is 56.0 Å². The third-order valence-electron chi connectivity index (χ3n) is 3.78. The second-order valence-corrected chi connectivity index (χ2v) is 5.20. The first-order valence-corrected chi connectivity index (χ1v) is 7.33. The molecule has 3 rings (SSSR count). The van der Waals surface area contributed by atoms with Crippen LogP contribution in [0.1, 0.15) is 5.56 Å². The third-order valence-corrected chi connectivity index (χ3v) is 3.78. The maximum Gasteiger partial charge on any atom is 0.128 e. The van der Waals surface area contributed by atoms with Crippen molar-refractivity contribution in [2.45, 2.75) is 0 Å². The molecule has 2 N–H and O–H groups in total. The molecule has 21 heavy (non-hydrogen) atoms. The number of aromatic nitrogens is 1. The fourth-order valence-corrected chi connectivity index (χ4v) is 2.64. The Kier molecular flexibility index (Phi) is 4.29. The lowest BCUT2D eigenvalue weighted by Gasteiger charge is -2.27. The number of hydrogen-bond donors (Lipinski definition) is 2. The summed E-state index contributed by atoms with van der Waals surface area (Å²) in [5.41, 5.74) is 1.53. The molecule has 0 amide bonds. The molecule has 1 saturated heterocycles. The number of benzene rings is 1. The van der Waals surface area contributed by atoms with Crippen molar-refractivity contribution < 1.29 is 0 Å². The van der Waals surface area contributed by atoms with Gasteiger partial charge in [0.25, 0.3) is 0 Å². The van der Waals surface area contributed by atoms with E-state index in [1.54, 1.807) is 0 Å². The van der Waals surface area contributed by atoms with Gasteiger partial charge in [0.1, 0.15) is 5.82 Å². The normalized spacial score (nSPS) is 15.8. The molecule has 1 fully saturated rings. The van der Waals surface area contributed by atoms with Crippen LogP contribution in [0.2, 0.25) is 0 Å². The van der Waals surface area contributed by atoms with Crippen LogP contribution < -0.4 is 10.6 Å². The number of nitriles is 1. The molecule has 1 aromatic heterocycles. The minimum Gasteiger partial charge on any atom is -0.369 e. The maximum atomic E-state index is 9.27. The van der Waals surface area contributed by atoms with Crippen LogP contribution in [0.15, 0.2) is 30.3 Å². The molecular weight excluding hydrogens is 262 g/mol. The average Bonchev–Trinajstić information content (AvgIpc) is 2.55. The number of hydrogen-bond acceptors (Lipinski definition) is 5. The van der Waals surface area contributed by atoms with Crippen molar-refractivity contribution in [3.63, 3.8) is 0 Å². The molecule has 0 radical (unpaired) electrons. The summed E-state index contributed by atoms with van der Waals surface area (Å²) in [5, 5.41) is 16.9. The molecule has 0 aliphatic carbocycles. The first kappa shape index (κ1) is 13.8. The van der Waals surface area contributed by atoms with Crippen LogP contribution in [0.3, 0.4) is 0 Å². The fraction of sp³-hybridized carbons (Fsp3) is 0.375. The zero-order valence-electron chi connectivity index (χ0n) is 12.0. The van der Waals surface area contributed by atoms with Crippen LogP contribution in [0, 0.1) is 11.3 Å². The summed E-state index contributed by atoms with van der Waals surface area (Å²) in [7, 11) is 0. The van der Waals surface area contributed by atoms with E-state index in [1.807, 2.05) is 30.3 Å². The van der Waals surface area contributed by atoms with Gasteiger partial charge < -0.3 is 10.6 Å². The van der Waals surface area contributed by atoms with Gasteiger partial charge in [-0.2, -0.15) is 5.26 Å². The summed E-state index contributed by atoms with van der Waals surface area (Å²) < 4.78 is 0. The molecule has 0 unspecified atom stereocenters. The lowest BCUT2D eigenvalue weighted by Crippen LogP contribution is -2.45. The number of para-hydroxylation sites is 1. The molecule has 1 aliphatic heterocycles. The van der Waals surface area contributed by atoms with Crippen LogP contribution >= 0.6 is 0 Å². The number of fused-ring (bicyclic) bond motifs is 1. The molecule has 0 atom stereocenters. The van der Waals surface area contributed by atoms with Crippen LogP contribution in [0.4, 0.5) is 5.82 Å². The summed E-state index contributed by atoms with van der Waals surface area (Å²) in [5.74, 6) is 0.778. The molecule has 0 bridgehead atoms. The Morgan fingerprint density at radius 3 is 2.90 bits per heavy atom. The van der Waals surface area contributed by atoms with Gasteiger partial charge in [-0.25, -0.2) is 4.98 Å². The molecule has 5 nitrogen and oxygen atoms in total. The van der Waals surface area contributed by atoms with Crippen LogP contribution in [0.25, 0.3) is 10.9 Å². The van der Waals surface area contributed by atoms with E-state index >= 15 is 0 Å². The number of nitrogens with zero attached hydrogens (tertiary/aromatic N) is 3. The van der Waals surface area contributed by atoms with E-state index in [-0.39, 0.29) is 0 Å². The topological polar surface area (TPSA) is 64.0 Å². The van der Waals surface area contributed by atoms with E-state index in [2.05, 4.69) is 26.6 Å². The van der Waals surface area contributed by atoms with Crippen molar-refractivity contribution in [1.29, 1.82) is 5.26 Å². The van der Waals surface area contributed by atoms with Gasteiger partial charge in [0, 0.05) is 44.7 Å². The highest BCUT2D eigenvalue weighted by atomic mass is 15.2. The lowest BCUT2D eigenvalue weighted by molar-refractivity contribution is 0.249. The number of pyridine rings is 1. The van der Waals surface area contributed by atoms with Crippen LogP contribution in [-0.2, 0) is 0 Å². The highest BCUT2D eigenvalue weighted by Crippen LogP contribution is 2.19. The number of rotatable bonds is 4. The molecule has 0 spiro atoms. The molecule has 2 aromatic rings. The predicted octanol–water partition coefficient (Wildman–Crippen LogP) is 1.42. The Labute approximate surface area is 124 Å². The van der Waals surface area contributed by atoms with Gasteiger partial charge in [-0.15, -0.1) is 0 Å². The van der Waals surface area contributed by atoms with Crippen molar-refractivity contribution in [3.8, 4) is 6.07 Å². The van der Waals surface area contributed by atoms with Gasteiger partial charge in [-0.1, -0.05) is 18.2 Å². The van der Waals surface area contributed by atoms with Gasteiger partial charge in [0.05, 0.1) is 17.1 Å². The van der Waals surface area contributed by atoms with Crippen molar-refractivity contribution in [2.24, 2.45) is 0 Å². The quantitative estimate of drug-likeness (QED) is 0.887. The van der Waals surface area contributed by atoms with E-state index in [0.29, 0.717) is 5.56 Å². The molecule has 1 aromatic carbocycles. The molecular formula is C16H19N5. The monoisotopic (exact) mass is 281 g/mol. The van der Waals surface area contributed by atoms with E-state index in [1.165, 1.54) is 0 Å². The maximum absolute atomic E-state index is 9.27. The van der Waals surface area contributed by atoms with Crippen molar-refractivity contribution in [1.82, 2.24) is 15.2 Å². The number of anilines is 1. The average molecular weight is 281 g/mol. The van der Waals surface area contributed by atoms with Crippen LogP contribution in [-0.4, -0.2) is 49.2 Å². The highest BCUT2D eigenvalue weighted by Gasteiger charge is 2.09. The van der Waals surface area contributed by atoms with Gasteiger partial charge >= 0.3 is 0 Å². The summed E-state index contributed by atoms with van der Waals surface area (Å²) in [4.78, 5) is 7.00. The number of piperazine rings is 1. The molecule has 2 heterocycles. The molecule has 108 valence electrons. The summed E-state index contributed by atoms with van der Waals surface area (Å²) >= 11 is 0. The summed E-state index contributed by atoms with van der Waals surface area (Å²) in [6.45, 7) is 6.15. The highest BCUT2D eigenvalue weighted by molar-refractivity contribution is 5.86. The second-order valence-electron chi connectivity index (χ2n) is 5.20. The largest absolute Gasteiger partial charge is 0.369 e.